The van der Waals surface area contributed by atoms with Gasteiger partial charge in [0, 0.05) is 35.4 Å². The maximum absolute atomic E-state index is 8.85. The van der Waals surface area contributed by atoms with Crippen LogP contribution in [0.15, 0.2) is 200 Å². The van der Waals surface area contributed by atoms with Crippen LogP contribution in [0, 0.1) is 6.33 Å². The van der Waals surface area contributed by atoms with Crippen LogP contribution < -0.4 is 9.30 Å². The Balaban J connectivity index is 1.08. The van der Waals surface area contributed by atoms with Gasteiger partial charge in [0.05, 0.1) is 36.1 Å². The Bertz CT molecular complexity index is 3480. The molecule has 0 unspecified atom stereocenters. The fraction of sp³-hybridized carbons (Fsp3) is 0.0385. The molecule has 0 saturated heterocycles. The van der Waals surface area contributed by atoms with Gasteiger partial charge in [-0.15, -0.1) is 0 Å². The molecule has 0 aliphatic heterocycles. The topological polar surface area (TPSA) is 35.9 Å². The fourth-order valence-electron chi connectivity index (χ4n) is 7.32. The van der Waals surface area contributed by atoms with Crippen LogP contribution >= 0.6 is 0 Å². The molecule has 3 heterocycles. The number of hydrogen-bond acceptors (Lipinski definition) is 2. The zero-order valence-corrected chi connectivity index (χ0v) is 30.7. The quantitative estimate of drug-likeness (QED) is 0.109. The third-order valence-electron chi connectivity index (χ3n) is 10.0. The van der Waals surface area contributed by atoms with E-state index in [9.17, 15) is 0 Å². The van der Waals surface area contributed by atoms with Gasteiger partial charge in [-0.3, -0.25) is 13.7 Å². The number of para-hydroxylation sites is 1. The van der Waals surface area contributed by atoms with Crippen LogP contribution in [0.25, 0.3) is 72.4 Å². The average Bonchev–Trinajstić information content (AvgIpc) is 3.97. The van der Waals surface area contributed by atoms with Crippen molar-refractivity contribution in [2.24, 2.45) is 0 Å². The molecular formula is C52H38N4O. The van der Waals surface area contributed by atoms with Crippen molar-refractivity contribution >= 4 is 21.8 Å². The van der Waals surface area contributed by atoms with E-state index >= 15 is 0 Å². The summed E-state index contributed by atoms with van der Waals surface area (Å²) in [6.45, 7) is 2.12. The SMILES string of the molecule is [2H]c1c([2H])c([2H])c(-c2cccc(-c3c([2H])c([2H])c([2H])c([2H])c3[2H])c2-[n+]2[c-]n(-c3cccc(Oc4ccc5c6cc(-c7ccccc7)ccc6n(-c6cc(CC)ccn6)c5c4)c3)cc2)c([2H])c1[2H]. The van der Waals surface area contributed by atoms with E-state index in [1.807, 2.05) is 66.9 Å². The predicted molar refractivity (Wildman–Crippen MR) is 230 cm³/mol. The number of fused-ring (bicyclic) bond motifs is 3. The lowest BCUT2D eigenvalue weighted by atomic mass is 9.96. The predicted octanol–water partition coefficient (Wildman–Crippen LogP) is 12.4. The largest absolute Gasteiger partial charge is 0.458 e. The van der Waals surface area contributed by atoms with Gasteiger partial charge >= 0.3 is 0 Å². The second kappa shape index (κ2) is 14.6. The third kappa shape index (κ3) is 6.45. The molecule has 5 heteroatoms. The Morgan fingerprint density at radius 3 is 2.12 bits per heavy atom. The Morgan fingerprint density at radius 2 is 1.37 bits per heavy atom. The number of hydrogen-bond donors (Lipinski definition) is 0. The first-order valence-electron chi connectivity index (χ1n) is 23.5. The van der Waals surface area contributed by atoms with E-state index in [4.69, 9.17) is 23.4 Å². The van der Waals surface area contributed by atoms with Crippen molar-refractivity contribution in [3.05, 3.63) is 212 Å². The van der Waals surface area contributed by atoms with Gasteiger partial charge in [0.25, 0.3) is 6.33 Å². The molecule has 0 aliphatic rings. The van der Waals surface area contributed by atoms with E-state index in [1.54, 1.807) is 35.2 Å². The Morgan fingerprint density at radius 1 is 0.632 bits per heavy atom. The standard InChI is InChI=1S/C52H38N4O/c1-2-37-28-29-53-51(32-37)56-49-27-24-41(38-14-6-3-7-15-38)33-48(49)47-26-25-44(35-50(47)56)57-43-21-12-20-42(34-43)54-30-31-55(36-54)52-45(39-16-8-4-9-17-39)22-13-23-46(52)40-18-10-5-11-19-40/h3-35H,2H2,1H3/i4D,5D,8D,9D,10D,11D,16D,17D,18D,19D. The number of benzene rings is 7. The van der Waals surface area contributed by atoms with Gasteiger partial charge in [-0.25, -0.2) is 4.98 Å². The Labute approximate surface area is 346 Å². The van der Waals surface area contributed by atoms with Crippen molar-refractivity contribution in [2.45, 2.75) is 13.3 Å². The van der Waals surface area contributed by atoms with Crippen LogP contribution in [0.4, 0.5) is 0 Å². The zero-order valence-electron chi connectivity index (χ0n) is 40.7. The summed E-state index contributed by atoms with van der Waals surface area (Å²) < 4.78 is 97.6. The molecule has 0 N–H and O–H groups in total. The molecule has 57 heavy (non-hydrogen) atoms. The number of rotatable bonds is 9. The van der Waals surface area contributed by atoms with Gasteiger partial charge < -0.3 is 4.74 Å². The minimum Gasteiger partial charge on any atom is -0.458 e. The highest BCUT2D eigenvalue weighted by molar-refractivity contribution is 6.10. The molecule has 0 aliphatic carbocycles. The lowest BCUT2D eigenvalue weighted by Gasteiger charge is -2.16. The highest BCUT2D eigenvalue weighted by atomic mass is 16.5. The molecule has 0 spiro atoms. The Kier molecular flexibility index (Phi) is 6.37. The normalized spacial score (nSPS) is 13.8. The number of aromatic nitrogens is 4. The summed E-state index contributed by atoms with van der Waals surface area (Å²) in [5.41, 5.74) is 6.21. The molecular weight excluding hydrogens is 697 g/mol. The van der Waals surface area contributed by atoms with Crippen molar-refractivity contribution < 1.29 is 23.0 Å². The van der Waals surface area contributed by atoms with Gasteiger partial charge in [-0.05, 0) is 100.0 Å². The second-order valence-electron chi connectivity index (χ2n) is 13.4. The lowest BCUT2D eigenvalue weighted by molar-refractivity contribution is -0.598. The van der Waals surface area contributed by atoms with Crippen molar-refractivity contribution in [1.29, 1.82) is 0 Å². The molecule has 7 aromatic carbocycles. The van der Waals surface area contributed by atoms with E-state index in [1.165, 1.54) is 4.57 Å². The molecule has 0 atom stereocenters. The molecule has 0 saturated carbocycles. The first-order chi connectivity index (χ1) is 32.3. The molecule has 3 aromatic heterocycles. The first kappa shape index (κ1) is 24.8. The van der Waals surface area contributed by atoms with Gasteiger partial charge in [0.15, 0.2) is 0 Å². The summed E-state index contributed by atoms with van der Waals surface area (Å²) in [4.78, 5) is 4.81. The smallest absolute Gasteiger partial charge is 0.268 e. The van der Waals surface area contributed by atoms with Crippen LogP contribution in [0.2, 0.25) is 0 Å². The first-order valence-corrected chi connectivity index (χ1v) is 18.5. The monoisotopic (exact) mass is 744 g/mol. The fourth-order valence-corrected chi connectivity index (χ4v) is 7.32. The van der Waals surface area contributed by atoms with Crippen LogP contribution in [0.5, 0.6) is 11.5 Å². The van der Waals surface area contributed by atoms with Gasteiger partial charge in [0.2, 0.25) is 0 Å². The number of nitrogens with zero attached hydrogens (tertiary/aromatic N) is 4. The average molecular weight is 745 g/mol. The van der Waals surface area contributed by atoms with Crippen LogP contribution in [0.3, 0.4) is 0 Å². The zero-order chi connectivity index (χ0) is 46.8. The second-order valence-corrected chi connectivity index (χ2v) is 13.4. The van der Waals surface area contributed by atoms with Crippen molar-refractivity contribution in [1.82, 2.24) is 14.1 Å². The summed E-state index contributed by atoms with van der Waals surface area (Å²) in [5.74, 6) is 1.90. The number of pyridine rings is 1. The number of imidazole rings is 1. The number of aryl methyl sites for hydroxylation is 1. The molecule has 272 valence electrons. The van der Waals surface area contributed by atoms with E-state index in [0.717, 1.165) is 50.7 Å². The summed E-state index contributed by atoms with van der Waals surface area (Å²) in [5, 5.41) is 2.11. The summed E-state index contributed by atoms with van der Waals surface area (Å²) >= 11 is 0. The minimum atomic E-state index is -0.562. The molecule has 5 nitrogen and oxygen atoms in total. The highest BCUT2D eigenvalue weighted by Crippen LogP contribution is 2.38. The Hall–Kier alpha value is -7.50. The molecule has 0 bridgehead atoms. The molecule has 0 fully saturated rings. The highest BCUT2D eigenvalue weighted by Gasteiger charge is 2.18. The molecule has 10 rings (SSSR count). The molecule has 0 radical (unpaired) electrons. The third-order valence-corrected chi connectivity index (χ3v) is 10.0. The van der Waals surface area contributed by atoms with Crippen molar-refractivity contribution in [3.8, 4) is 62.1 Å². The van der Waals surface area contributed by atoms with Crippen molar-refractivity contribution in [3.63, 3.8) is 0 Å². The maximum atomic E-state index is 8.85. The van der Waals surface area contributed by atoms with Gasteiger partial charge in [-0.1, -0.05) is 128 Å². The van der Waals surface area contributed by atoms with E-state index in [0.29, 0.717) is 17.2 Å². The molecule has 10 aromatic rings. The minimum absolute atomic E-state index is 0.124. The van der Waals surface area contributed by atoms with E-state index < -0.39 is 60.4 Å². The maximum Gasteiger partial charge on any atom is 0.268 e. The van der Waals surface area contributed by atoms with E-state index in [2.05, 4.69) is 60.3 Å². The van der Waals surface area contributed by atoms with Crippen molar-refractivity contribution in [2.75, 3.05) is 0 Å². The van der Waals surface area contributed by atoms with Gasteiger partial charge in [0.1, 0.15) is 17.3 Å². The van der Waals surface area contributed by atoms with E-state index in [-0.39, 0.29) is 27.9 Å². The van der Waals surface area contributed by atoms with Crippen LogP contribution in [-0.2, 0) is 6.42 Å². The van der Waals surface area contributed by atoms with Crippen LogP contribution in [0.1, 0.15) is 26.2 Å². The van der Waals surface area contributed by atoms with Gasteiger partial charge in [-0.2, -0.15) is 0 Å². The van der Waals surface area contributed by atoms with Crippen LogP contribution in [-0.4, -0.2) is 14.1 Å². The summed E-state index contributed by atoms with van der Waals surface area (Å²) in [6.07, 6.45) is 9.30. The lowest BCUT2D eigenvalue weighted by Crippen LogP contribution is -2.30. The summed E-state index contributed by atoms with van der Waals surface area (Å²) in [7, 11) is 0. The number of ether oxygens (including phenoxy) is 1. The molecule has 0 amide bonds. The summed E-state index contributed by atoms with van der Waals surface area (Å²) in [6, 6.07) is 33.8.